The van der Waals surface area contributed by atoms with E-state index in [2.05, 4.69) is 0 Å². The number of ether oxygens (including phenoxy) is 2. The van der Waals surface area contributed by atoms with Gasteiger partial charge in [-0.1, -0.05) is 11.6 Å². The molecule has 0 aromatic heterocycles. The Balaban J connectivity index is 2.53. The van der Waals surface area contributed by atoms with Crippen LogP contribution in [0.4, 0.5) is 18.9 Å². The molecule has 0 amide bonds. The summed E-state index contributed by atoms with van der Waals surface area (Å²) in [4.78, 5) is 10.2. The summed E-state index contributed by atoms with van der Waals surface area (Å²) in [5, 5.41) is 20.3. The molecular weight excluding hydrogens is 379 g/mol. The topological polar surface area (TPSA) is 81.8 Å². The Labute approximate surface area is 150 Å². The van der Waals surface area contributed by atoms with Crippen LogP contribution < -0.4 is 9.47 Å². The lowest BCUT2D eigenvalue weighted by Gasteiger charge is -2.15. The van der Waals surface area contributed by atoms with Crippen LogP contribution in [-0.4, -0.2) is 16.6 Å². The quantitative estimate of drug-likeness (QED) is 0.556. The smallest absolute Gasteiger partial charge is 0.416 e. The second-order valence-corrected chi connectivity index (χ2v) is 5.44. The second kappa shape index (κ2) is 7.79. The Bertz CT molecular complexity index is 826. The van der Waals surface area contributed by atoms with Crippen molar-refractivity contribution in [1.29, 1.82) is 0 Å². The number of hydrogen-bond acceptors (Lipinski definition) is 5. The maximum atomic E-state index is 12.8. The molecule has 1 N–H and O–H groups in total. The zero-order chi connectivity index (χ0) is 19.5. The average Bonchev–Trinajstić information content (AvgIpc) is 2.56. The summed E-state index contributed by atoms with van der Waals surface area (Å²) < 4.78 is 49.1. The van der Waals surface area contributed by atoms with Gasteiger partial charge in [0.25, 0.3) is 0 Å². The van der Waals surface area contributed by atoms with Crippen molar-refractivity contribution in [1.82, 2.24) is 0 Å². The molecule has 0 bridgehead atoms. The zero-order valence-corrected chi connectivity index (χ0v) is 14.1. The normalized spacial score (nSPS) is 11.3. The van der Waals surface area contributed by atoms with Crippen LogP contribution >= 0.6 is 11.6 Å². The van der Waals surface area contributed by atoms with Gasteiger partial charge in [0.1, 0.15) is 0 Å². The van der Waals surface area contributed by atoms with Gasteiger partial charge in [-0.05, 0) is 36.8 Å². The van der Waals surface area contributed by atoms with E-state index in [-0.39, 0.29) is 29.7 Å². The Morgan fingerprint density at radius 1 is 1.23 bits per heavy atom. The first kappa shape index (κ1) is 19.8. The third-order valence-electron chi connectivity index (χ3n) is 3.25. The van der Waals surface area contributed by atoms with E-state index in [0.717, 1.165) is 6.07 Å². The lowest BCUT2D eigenvalue weighted by molar-refractivity contribution is -0.385. The molecule has 0 fully saturated rings. The van der Waals surface area contributed by atoms with Gasteiger partial charge in [0.15, 0.2) is 11.5 Å². The molecule has 2 rings (SSSR count). The van der Waals surface area contributed by atoms with Crippen LogP contribution in [0.3, 0.4) is 0 Å². The number of benzene rings is 2. The van der Waals surface area contributed by atoms with Gasteiger partial charge in [-0.2, -0.15) is 13.2 Å². The van der Waals surface area contributed by atoms with E-state index in [0.29, 0.717) is 17.7 Å². The Morgan fingerprint density at radius 2 is 1.92 bits per heavy atom. The van der Waals surface area contributed by atoms with Crippen LogP contribution in [0.1, 0.15) is 18.1 Å². The minimum atomic E-state index is -4.74. The molecule has 0 heterocycles. The maximum Gasteiger partial charge on any atom is 0.416 e. The van der Waals surface area contributed by atoms with Crippen LogP contribution in [0.25, 0.3) is 0 Å². The van der Waals surface area contributed by atoms with Crippen molar-refractivity contribution in [2.75, 3.05) is 6.61 Å². The summed E-state index contributed by atoms with van der Waals surface area (Å²) in [6, 6.07) is 4.66. The number of nitro groups is 1. The third kappa shape index (κ3) is 4.36. The highest BCUT2D eigenvalue weighted by Gasteiger charge is 2.33. The first-order chi connectivity index (χ1) is 12.2. The fourth-order valence-electron chi connectivity index (χ4n) is 2.11. The van der Waals surface area contributed by atoms with Gasteiger partial charge in [-0.15, -0.1) is 0 Å². The molecule has 0 spiro atoms. The Morgan fingerprint density at radius 3 is 2.46 bits per heavy atom. The van der Waals surface area contributed by atoms with Crippen molar-refractivity contribution in [2.45, 2.75) is 19.7 Å². The number of hydrogen-bond donors (Lipinski definition) is 1. The molecule has 6 nitrogen and oxygen atoms in total. The van der Waals surface area contributed by atoms with Crippen molar-refractivity contribution < 1.29 is 32.7 Å². The van der Waals surface area contributed by atoms with E-state index < -0.39 is 28.1 Å². The molecule has 0 aliphatic heterocycles. The van der Waals surface area contributed by atoms with Crippen LogP contribution in [-0.2, 0) is 12.8 Å². The highest BCUT2D eigenvalue weighted by Crippen LogP contribution is 2.43. The summed E-state index contributed by atoms with van der Waals surface area (Å²) in [6.45, 7) is 1.54. The molecule has 0 saturated carbocycles. The van der Waals surface area contributed by atoms with Crippen LogP contribution in [0.15, 0.2) is 30.3 Å². The molecule has 140 valence electrons. The lowest BCUT2D eigenvalue weighted by atomic mass is 10.1. The van der Waals surface area contributed by atoms with Crippen molar-refractivity contribution in [3.8, 4) is 17.2 Å². The van der Waals surface area contributed by atoms with E-state index in [1.54, 1.807) is 6.92 Å². The minimum absolute atomic E-state index is 0.0193. The monoisotopic (exact) mass is 391 g/mol. The van der Waals surface area contributed by atoms with E-state index in [9.17, 15) is 28.4 Å². The fraction of sp³-hybridized carbons (Fsp3) is 0.250. The summed E-state index contributed by atoms with van der Waals surface area (Å²) in [5.74, 6) is -0.436. The van der Waals surface area contributed by atoms with E-state index in [1.807, 2.05) is 0 Å². The molecule has 0 unspecified atom stereocenters. The van der Waals surface area contributed by atoms with Crippen LogP contribution in [0.5, 0.6) is 17.2 Å². The zero-order valence-electron chi connectivity index (χ0n) is 13.3. The van der Waals surface area contributed by atoms with Gasteiger partial charge in [-0.3, -0.25) is 10.1 Å². The van der Waals surface area contributed by atoms with Gasteiger partial charge in [0.2, 0.25) is 5.75 Å². The largest absolute Gasteiger partial charge is 0.490 e. The molecule has 26 heavy (non-hydrogen) atoms. The van der Waals surface area contributed by atoms with Crippen molar-refractivity contribution >= 4 is 17.3 Å². The van der Waals surface area contributed by atoms with Gasteiger partial charge >= 0.3 is 11.9 Å². The van der Waals surface area contributed by atoms with E-state index in [4.69, 9.17) is 21.1 Å². The molecular formula is C16H13ClF3NO5. The molecule has 10 heteroatoms. The molecule has 0 atom stereocenters. The van der Waals surface area contributed by atoms with E-state index in [1.165, 1.54) is 12.1 Å². The number of nitrogens with zero attached hydrogens (tertiary/aromatic N) is 1. The first-order valence-electron chi connectivity index (χ1n) is 7.27. The Hall–Kier alpha value is -2.52. The fourth-order valence-corrected chi connectivity index (χ4v) is 2.38. The number of aliphatic hydroxyl groups is 1. The number of rotatable bonds is 6. The SMILES string of the molecule is CCOc1cc(CO)cc(Cl)c1Oc1ccc(C(F)(F)F)cc1[N+](=O)[O-]. The van der Waals surface area contributed by atoms with Crippen molar-refractivity contribution in [2.24, 2.45) is 0 Å². The number of aliphatic hydroxyl groups excluding tert-OH is 1. The van der Waals surface area contributed by atoms with Crippen molar-refractivity contribution in [3.05, 3.63) is 56.6 Å². The first-order valence-corrected chi connectivity index (χ1v) is 7.64. The standard InChI is InChI=1S/C16H13ClF3NO5/c1-2-25-14-6-9(8-22)5-11(17)15(14)26-13-4-3-10(16(18,19)20)7-12(13)21(23)24/h3-7,22H,2,8H2,1H3. The third-order valence-corrected chi connectivity index (χ3v) is 3.53. The summed E-state index contributed by atoms with van der Waals surface area (Å²) >= 11 is 6.07. The second-order valence-electron chi connectivity index (χ2n) is 5.04. The van der Waals surface area contributed by atoms with Gasteiger partial charge in [0.05, 0.1) is 28.7 Å². The highest BCUT2D eigenvalue weighted by atomic mass is 35.5. The summed E-state index contributed by atoms with van der Waals surface area (Å²) in [7, 11) is 0. The molecule has 2 aromatic rings. The van der Waals surface area contributed by atoms with Gasteiger partial charge in [0, 0.05) is 6.07 Å². The minimum Gasteiger partial charge on any atom is -0.490 e. The summed E-state index contributed by atoms with van der Waals surface area (Å²) in [5.41, 5.74) is -1.64. The molecule has 0 aliphatic rings. The van der Waals surface area contributed by atoms with Gasteiger partial charge < -0.3 is 14.6 Å². The van der Waals surface area contributed by atoms with Crippen LogP contribution in [0.2, 0.25) is 5.02 Å². The maximum absolute atomic E-state index is 12.8. The Kier molecular flexibility index (Phi) is 5.94. The highest BCUT2D eigenvalue weighted by molar-refractivity contribution is 6.32. The van der Waals surface area contributed by atoms with Crippen LogP contribution in [0, 0.1) is 10.1 Å². The van der Waals surface area contributed by atoms with Gasteiger partial charge in [-0.25, -0.2) is 0 Å². The number of halogens is 4. The number of nitro benzene ring substituents is 1. The van der Waals surface area contributed by atoms with E-state index >= 15 is 0 Å². The summed E-state index contributed by atoms with van der Waals surface area (Å²) in [6.07, 6.45) is -4.74. The molecule has 0 aliphatic carbocycles. The molecule has 2 aromatic carbocycles. The molecule has 0 saturated heterocycles. The average molecular weight is 392 g/mol. The predicted molar refractivity (Wildman–Crippen MR) is 86.7 cm³/mol. The predicted octanol–water partition coefficient (Wildman–Crippen LogP) is 4.95. The lowest BCUT2D eigenvalue weighted by Crippen LogP contribution is -2.06. The van der Waals surface area contributed by atoms with Crippen molar-refractivity contribution in [3.63, 3.8) is 0 Å². The molecule has 0 radical (unpaired) electrons. The number of alkyl halides is 3.